The summed E-state index contributed by atoms with van der Waals surface area (Å²) in [5, 5.41) is 8.31. The van der Waals surface area contributed by atoms with Gasteiger partial charge in [0.05, 0.1) is 12.3 Å². The Morgan fingerprint density at radius 3 is 3.18 bits per heavy atom. The first-order valence-corrected chi connectivity index (χ1v) is 3.40. The molecule has 1 heterocycles. The van der Waals surface area contributed by atoms with Gasteiger partial charge in [0.15, 0.2) is 0 Å². The Morgan fingerprint density at radius 1 is 1.82 bits per heavy atom. The zero-order chi connectivity index (χ0) is 8.10. The molecule has 0 unspecified atom stereocenters. The van der Waals surface area contributed by atoms with Gasteiger partial charge in [-0.2, -0.15) is 5.26 Å². The van der Waals surface area contributed by atoms with Gasteiger partial charge in [-0.15, -0.1) is 0 Å². The van der Waals surface area contributed by atoms with Gasteiger partial charge in [0, 0.05) is 12.5 Å². The van der Waals surface area contributed by atoms with Crippen molar-refractivity contribution in [2.45, 2.75) is 13.3 Å². The van der Waals surface area contributed by atoms with Crippen molar-refractivity contribution in [3.8, 4) is 6.07 Å². The minimum Gasteiger partial charge on any atom is -0.469 e. The average Bonchev–Trinajstić information content (AvgIpc) is 2.40. The molecule has 0 atom stereocenters. The fourth-order valence-corrected chi connectivity index (χ4v) is 0.849. The highest BCUT2D eigenvalue weighted by molar-refractivity contribution is 5.16. The van der Waals surface area contributed by atoms with Crippen LogP contribution in [0.2, 0.25) is 0 Å². The van der Waals surface area contributed by atoms with E-state index in [1.165, 1.54) is 6.08 Å². The number of allylic oxidation sites excluding steroid dienone is 2. The maximum Gasteiger partial charge on any atom is 0.107 e. The highest BCUT2D eigenvalue weighted by Crippen LogP contribution is 2.06. The van der Waals surface area contributed by atoms with Gasteiger partial charge >= 0.3 is 0 Å². The molecule has 0 bridgehead atoms. The van der Waals surface area contributed by atoms with Crippen LogP contribution in [0.3, 0.4) is 0 Å². The molecular formula is C9H9NO. The number of nitriles is 1. The lowest BCUT2D eigenvalue weighted by Gasteiger charge is -1.92. The van der Waals surface area contributed by atoms with Gasteiger partial charge in [-0.05, 0) is 19.1 Å². The van der Waals surface area contributed by atoms with Crippen molar-refractivity contribution in [3.63, 3.8) is 0 Å². The SMILES string of the molecule is CC(=CC#N)Cc1ccco1. The molecule has 11 heavy (non-hydrogen) atoms. The van der Waals surface area contributed by atoms with Gasteiger partial charge in [-0.25, -0.2) is 0 Å². The number of furan rings is 1. The van der Waals surface area contributed by atoms with Crippen molar-refractivity contribution >= 4 is 0 Å². The maximum atomic E-state index is 8.31. The van der Waals surface area contributed by atoms with Crippen LogP contribution in [0.15, 0.2) is 34.5 Å². The monoisotopic (exact) mass is 147 g/mol. The lowest BCUT2D eigenvalue weighted by molar-refractivity contribution is 0.519. The van der Waals surface area contributed by atoms with E-state index >= 15 is 0 Å². The summed E-state index contributed by atoms with van der Waals surface area (Å²) in [7, 11) is 0. The Labute approximate surface area is 65.8 Å². The zero-order valence-electron chi connectivity index (χ0n) is 6.37. The van der Waals surface area contributed by atoms with Gasteiger partial charge in [0.1, 0.15) is 5.76 Å². The van der Waals surface area contributed by atoms with Crippen LogP contribution in [0.5, 0.6) is 0 Å². The summed E-state index contributed by atoms with van der Waals surface area (Å²) in [5.41, 5.74) is 1.02. The topological polar surface area (TPSA) is 36.9 Å². The Morgan fingerprint density at radius 2 is 2.64 bits per heavy atom. The van der Waals surface area contributed by atoms with Crippen molar-refractivity contribution in [1.82, 2.24) is 0 Å². The molecule has 1 rings (SSSR count). The predicted molar refractivity (Wildman–Crippen MR) is 41.8 cm³/mol. The molecule has 0 aromatic carbocycles. The molecule has 0 saturated carbocycles. The quantitative estimate of drug-likeness (QED) is 0.602. The van der Waals surface area contributed by atoms with Crippen LogP contribution in [0.25, 0.3) is 0 Å². The van der Waals surface area contributed by atoms with E-state index in [0.717, 1.165) is 17.8 Å². The van der Waals surface area contributed by atoms with Crippen LogP contribution < -0.4 is 0 Å². The Kier molecular flexibility index (Phi) is 2.51. The molecule has 0 N–H and O–H groups in total. The van der Waals surface area contributed by atoms with E-state index in [-0.39, 0.29) is 0 Å². The van der Waals surface area contributed by atoms with Crippen molar-refractivity contribution < 1.29 is 4.42 Å². The smallest absolute Gasteiger partial charge is 0.107 e. The predicted octanol–water partition coefficient (Wildman–Crippen LogP) is 2.29. The highest BCUT2D eigenvalue weighted by atomic mass is 16.3. The van der Waals surface area contributed by atoms with E-state index < -0.39 is 0 Å². The molecule has 2 nitrogen and oxygen atoms in total. The Bertz CT molecular complexity index is 277. The third-order valence-electron chi connectivity index (χ3n) is 1.34. The minimum absolute atomic E-state index is 0.723. The van der Waals surface area contributed by atoms with E-state index in [9.17, 15) is 0 Å². The molecule has 0 aliphatic rings. The molecule has 0 aliphatic carbocycles. The molecular weight excluding hydrogens is 138 g/mol. The van der Waals surface area contributed by atoms with Crippen LogP contribution in [0.1, 0.15) is 12.7 Å². The summed E-state index contributed by atoms with van der Waals surface area (Å²) >= 11 is 0. The van der Waals surface area contributed by atoms with Crippen molar-refractivity contribution in [2.24, 2.45) is 0 Å². The van der Waals surface area contributed by atoms with Crippen molar-refractivity contribution in [1.29, 1.82) is 5.26 Å². The first-order chi connectivity index (χ1) is 5.33. The molecule has 1 aromatic heterocycles. The molecule has 56 valence electrons. The third kappa shape index (κ3) is 2.30. The summed E-state index contributed by atoms with van der Waals surface area (Å²) in [4.78, 5) is 0. The van der Waals surface area contributed by atoms with E-state index in [1.54, 1.807) is 6.26 Å². The number of rotatable bonds is 2. The molecule has 0 spiro atoms. The standard InChI is InChI=1S/C9H9NO/c1-8(4-5-10)7-9-3-2-6-11-9/h2-4,6H,7H2,1H3. The van der Waals surface area contributed by atoms with Crippen LogP contribution in [0, 0.1) is 11.3 Å². The zero-order valence-corrected chi connectivity index (χ0v) is 6.37. The summed E-state index contributed by atoms with van der Waals surface area (Å²) in [5.74, 6) is 0.897. The number of hydrogen-bond donors (Lipinski definition) is 0. The van der Waals surface area contributed by atoms with Crippen LogP contribution in [-0.2, 0) is 6.42 Å². The lowest BCUT2D eigenvalue weighted by Crippen LogP contribution is -1.81. The Hall–Kier alpha value is -1.49. The fraction of sp³-hybridized carbons (Fsp3) is 0.222. The molecule has 0 saturated heterocycles. The third-order valence-corrected chi connectivity index (χ3v) is 1.34. The van der Waals surface area contributed by atoms with Gasteiger partial charge in [0.25, 0.3) is 0 Å². The lowest BCUT2D eigenvalue weighted by atomic mass is 10.2. The summed E-state index contributed by atoms with van der Waals surface area (Å²) in [6, 6.07) is 5.72. The average molecular weight is 147 g/mol. The van der Waals surface area contributed by atoms with E-state index in [2.05, 4.69) is 0 Å². The minimum atomic E-state index is 0.723. The molecule has 2 heteroatoms. The molecule has 0 radical (unpaired) electrons. The molecule has 1 aromatic rings. The summed E-state index contributed by atoms with van der Waals surface area (Å²) < 4.78 is 5.10. The first kappa shape index (κ1) is 7.62. The summed E-state index contributed by atoms with van der Waals surface area (Å²) in [6.07, 6.45) is 3.89. The molecule has 0 aliphatic heterocycles. The van der Waals surface area contributed by atoms with Gasteiger partial charge in [-0.1, -0.05) is 5.57 Å². The van der Waals surface area contributed by atoms with Crippen molar-refractivity contribution in [3.05, 3.63) is 35.8 Å². The summed E-state index contributed by atoms with van der Waals surface area (Å²) in [6.45, 7) is 1.91. The Balaban J connectivity index is 2.58. The second kappa shape index (κ2) is 3.62. The number of nitrogens with zero attached hydrogens (tertiary/aromatic N) is 1. The maximum absolute atomic E-state index is 8.31. The van der Waals surface area contributed by atoms with Crippen LogP contribution >= 0.6 is 0 Å². The second-order valence-corrected chi connectivity index (χ2v) is 2.38. The van der Waals surface area contributed by atoms with Crippen LogP contribution in [0.4, 0.5) is 0 Å². The van der Waals surface area contributed by atoms with Gasteiger partial charge in [-0.3, -0.25) is 0 Å². The highest BCUT2D eigenvalue weighted by Gasteiger charge is 1.95. The molecule has 0 fully saturated rings. The second-order valence-electron chi connectivity index (χ2n) is 2.38. The van der Waals surface area contributed by atoms with Gasteiger partial charge in [0.2, 0.25) is 0 Å². The fourth-order valence-electron chi connectivity index (χ4n) is 0.849. The van der Waals surface area contributed by atoms with E-state index in [4.69, 9.17) is 9.68 Å². The largest absolute Gasteiger partial charge is 0.469 e. The van der Waals surface area contributed by atoms with E-state index in [1.807, 2.05) is 25.1 Å². The van der Waals surface area contributed by atoms with Crippen molar-refractivity contribution in [2.75, 3.05) is 0 Å². The van der Waals surface area contributed by atoms with E-state index in [0.29, 0.717) is 0 Å². The van der Waals surface area contributed by atoms with Gasteiger partial charge < -0.3 is 4.42 Å². The normalized spacial score (nSPS) is 11.1. The number of hydrogen-bond acceptors (Lipinski definition) is 2. The first-order valence-electron chi connectivity index (χ1n) is 3.40. The van der Waals surface area contributed by atoms with Crippen LogP contribution in [-0.4, -0.2) is 0 Å². The molecule has 0 amide bonds.